The normalized spacial score (nSPS) is 10.7. The lowest BCUT2D eigenvalue weighted by molar-refractivity contribution is 0.402. The lowest BCUT2D eigenvalue weighted by Crippen LogP contribution is -2.06. The highest BCUT2D eigenvalue weighted by atomic mass is 32.2. The van der Waals surface area contributed by atoms with Crippen molar-refractivity contribution in [3.8, 4) is 5.75 Å². The van der Waals surface area contributed by atoms with Crippen LogP contribution < -0.4 is 5.63 Å². The van der Waals surface area contributed by atoms with Gasteiger partial charge in [0.2, 0.25) is 0 Å². The minimum absolute atomic E-state index is 0.0115. The van der Waals surface area contributed by atoms with Crippen LogP contribution in [0.1, 0.15) is 16.9 Å². The number of benzene rings is 2. The van der Waals surface area contributed by atoms with E-state index in [1.807, 2.05) is 48.5 Å². The maximum absolute atomic E-state index is 12.2. The summed E-state index contributed by atoms with van der Waals surface area (Å²) in [7, 11) is 0. The molecule has 25 heavy (non-hydrogen) atoms. The predicted molar refractivity (Wildman–Crippen MR) is 101 cm³/mol. The largest absolute Gasteiger partial charge is 0.506 e. The fourth-order valence-corrected chi connectivity index (χ4v) is 3.51. The third-order valence-electron chi connectivity index (χ3n) is 3.92. The average molecular weight is 352 g/mol. The van der Waals surface area contributed by atoms with Crippen LogP contribution in [0.15, 0.2) is 80.8 Å². The molecule has 3 rings (SSSR count). The van der Waals surface area contributed by atoms with Crippen LogP contribution in [-0.4, -0.2) is 10.9 Å². The van der Waals surface area contributed by atoms with Gasteiger partial charge >= 0.3 is 5.63 Å². The Hall–Kier alpha value is -2.46. The number of aromatic hydroxyl groups is 1. The van der Waals surface area contributed by atoms with Crippen LogP contribution in [0.2, 0.25) is 0 Å². The van der Waals surface area contributed by atoms with Gasteiger partial charge in [-0.05, 0) is 24.0 Å². The van der Waals surface area contributed by atoms with Crippen molar-refractivity contribution in [3.63, 3.8) is 0 Å². The molecule has 0 radical (unpaired) electrons. The molecule has 1 aromatic heterocycles. The van der Waals surface area contributed by atoms with E-state index in [2.05, 4.69) is 12.1 Å². The zero-order valence-corrected chi connectivity index (χ0v) is 14.7. The molecule has 0 fully saturated rings. The van der Waals surface area contributed by atoms with Gasteiger partial charge in [0, 0.05) is 18.2 Å². The van der Waals surface area contributed by atoms with Gasteiger partial charge in [-0.15, -0.1) is 11.8 Å². The summed E-state index contributed by atoms with van der Waals surface area (Å²) in [5.41, 5.74) is 1.92. The molecule has 0 atom stereocenters. The van der Waals surface area contributed by atoms with Gasteiger partial charge in [0.25, 0.3) is 0 Å². The molecular formula is C21H20O3S. The van der Waals surface area contributed by atoms with E-state index in [9.17, 15) is 9.90 Å². The fourth-order valence-electron chi connectivity index (χ4n) is 2.60. The van der Waals surface area contributed by atoms with E-state index in [1.165, 1.54) is 22.9 Å². The maximum atomic E-state index is 12.2. The molecule has 1 N–H and O–H groups in total. The van der Waals surface area contributed by atoms with Crippen molar-refractivity contribution in [2.24, 2.45) is 0 Å². The first-order valence-corrected chi connectivity index (χ1v) is 9.27. The molecule has 3 aromatic rings. The first-order chi connectivity index (χ1) is 12.2. The van der Waals surface area contributed by atoms with E-state index in [-0.39, 0.29) is 5.75 Å². The zero-order valence-electron chi connectivity index (χ0n) is 13.9. The summed E-state index contributed by atoms with van der Waals surface area (Å²) in [6.45, 7) is 0. The zero-order chi connectivity index (χ0) is 17.5. The van der Waals surface area contributed by atoms with E-state index in [1.54, 1.807) is 6.07 Å². The van der Waals surface area contributed by atoms with Crippen LogP contribution in [0.3, 0.4) is 0 Å². The topological polar surface area (TPSA) is 50.4 Å². The summed E-state index contributed by atoms with van der Waals surface area (Å²) in [4.78, 5) is 12.5. The Kier molecular flexibility index (Phi) is 5.96. The highest BCUT2D eigenvalue weighted by Gasteiger charge is 2.12. The molecule has 2 aromatic carbocycles. The second kappa shape index (κ2) is 8.58. The van der Waals surface area contributed by atoms with Crippen LogP contribution >= 0.6 is 11.8 Å². The summed E-state index contributed by atoms with van der Waals surface area (Å²) in [5, 5.41) is 10.2. The molecule has 0 spiro atoms. The van der Waals surface area contributed by atoms with Gasteiger partial charge in [0.15, 0.2) is 0 Å². The van der Waals surface area contributed by atoms with E-state index < -0.39 is 5.63 Å². The third-order valence-corrected chi connectivity index (χ3v) is 5.00. The summed E-state index contributed by atoms with van der Waals surface area (Å²) < 4.78 is 5.38. The molecule has 0 saturated heterocycles. The standard InChI is InChI=1S/C21H20O3S/c22-19-15-18(12-11-16-7-3-1-4-8-16)24-21(23)20(19)25-14-13-17-9-5-2-6-10-17/h1-10,15,22H,11-14H2. The number of aryl methyl sites for hydroxylation is 3. The van der Waals surface area contributed by atoms with Crippen LogP contribution in [0.25, 0.3) is 0 Å². The van der Waals surface area contributed by atoms with Crippen molar-refractivity contribution in [1.82, 2.24) is 0 Å². The lowest BCUT2D eigenvalue weighted by Gasteiger charge is -2.06. The fraction of sp³-hybridized carbons (Fsp3) is 0.190. The summed E-state index contributed by atoms with van der Waals surface area (Å²) in [5.74, 6) is 1.24. The van der Waals surface area contributed by atoms with Crippen molar-refractivity contribution in [3.05, 3.63) is 94.0 Å². The maximum Gasteiger partial charge on any atom is 0.353 e. The predicted octanol–water partition coefficient (Wildman–Crippen LogP) is 4.47. The smallest absolute Gasteiger partial charge is 0.353 e. The van der Waals surface area contributed by atoms with Crippen LogP contribution in [0.4, 0.5) is 0 Å². The molecule has 0 saturated carbocycles. The first-order valence-electron chi connectivity index (χ1n) is 8.29. The molecule has 0 aliphatic heterocycles. The van der Waals surface area contributed by atoms with Gasteiger partial charge in [-0.3, -0.25) is 0 Å². The van der Waals surface area contributed by atoms with Gasteiger partial charge in [-0.1, -0.05) is 60.7 Å². The Bertz CT molecular complexity index is 857. The number of hydrogen-bond acceptors (Lipinski definition) is 4. The second-order valence-electron chi connectivity index (χ2n) is 5.78. The monoisotopic (exact) mass is 352 g/mol. The molecule has 4 heteroatoms. The average Bonchev–Trinajstić information content (AvgIpc) is 2.64. The van der Waals surface area contributed by atoms with Crippen molar-refractivity contribution < 1.29 is 9.52 Å². The molecule has 0 aliphatic carbocycles. The van der Waals surface area contributed by atoms with Gasteiger partial charge in [0.1, 0.15) is 16.4 Å². The Labute approximate surface area is 151 Å². The first kappa shape index (κ1) is 17.4. The highest BCUT2D eigenvalue weighted by molar-refractivity contribution is 7.99. The number of rotatable bonds is 7. The van der Waals surface area contributed by atoms with Gasteiger partial charge in [0.05, 0.1) is 0 Å². The van der Waals surface area contributed by atoms with Crippen molar-refractivity contribution in [2.75, 3.05) is 5.75 Å². The summed E-state index contributed by atoms with van der Waals surface area (Å²) in [6, 6.07) is 21.6. The SMILES string of the molecule is O=c1oc(CCc2ccccc2)cc(O)c1SCCc1ccccc1. The number of thioether (sulfide) groups is 1. The minimum atomic E-state index is -0.457. The molecule has 0 amide bonds. The molecule has 128 valence electrons. The van der Waals surface area contributed by atoms with E-state index in [0.29, 0.717) is 22.8 Å². The highest BCUT2D eigenvalue weighted by Crippen LogP contribution is 2.26. The molecule has 3 nitrogen and oxygen atoms in total. The quantitative estimate of drug-likeness (QED) is 0.638. The van der Waals surface area contributed by atoms with Crippen LogP contribution in [0.5, 0.6) is 5.75 Å². The molecular weight excluding hydrogens is 332 g/mol. The van der Waals surface area contributed by atoms with Gasteiger partial charge in [-0.25, -0.2) is 4.79 Å². The van der Waals surface area contributed by atoms with E-state index in [4.69, 9.17) is 4.42 Å². The molecule has 1 heterocycles. The third kappa shape index (κ3) is 5.00. The van der Waals surface area contributed by atoms with E-state index in [0.717, 1.165) is 12.8 Å². The lowest BCUT2D eigenvalue weighted by atomic mass is 10.1. The van der Waals surface area contributed by atoms with Crippen molar-refractivity contribution in [2.45, 2.75) is 24.2 Å². The molecule has 0 aliphatic rings. The Morgan fingerprint density at radius 1 is 0.840 bits per heavy atom. The molecule has 0 unspecified atom stereocenters. The van der Waals surface area contributed by atoms with Crippen LogP contribution in [-0.2, 0) is 19.3 Å². The van der Waals surface area contributed by atoms with Gasteiger partial charge in [-0.2, -0.15) is 0 Å². The molecule has 0 bridgehead atoms. The van der Waals surface area contributed by atoms with Crippen molar-refractivity contribution >= 4 is 11.8 Å². The Balaban J connectivity index is 1.61. The Morgan fingerprint density at radius 2 is 1.44 bits per heavy atom. The van der Waals surface area contributed by atoms with Gasteiger partial charge < -0.3 is 9.52 Å². The summed E-state index contributed by atoms with van der Waals surface area (Å²) in [6.07, 6.45) is 2.19. The number of hydrogen-bond donors (Lipinski definition) is 1. The van der Waals surface area contributed by atoms with Crippen LogP contribution in [0, 0.1) is 0 Å². The second-order valence-corrected chi connectivity index (χ2v) is 6.89. The minimum Gasteiger partial charge on any atom is -0.506 e. The van der Waals surface area contributed by atoms with Crippen molar-refractivity contribution in [1.29, 1.82) is 0 Å². The summed E-state index contributed by atoms with van der Waals surface area (Å²) >= 11 is 1.34. The van der Waals surface area contributed by atoms with E-state index >= 15 is 0 Å². The Morgan fingerprint density at radius 3 is 2.04 bits per heavy atom.